The first kappa shape index (κ1) is 18.8. The average molecular weight is 416 g/mol. The number of hydrogen-bond donors (Lipinski definition) is 1. The van der Waals surface area contributed by atoms with Crippen LogP contribution >= 0.6 is 11.8 Å². The molecule has 146 valence electrons. The average Bonchev–Trinajstić information content (AvgIpc) is 3.22. The van der Waals surface area contributed by atoms with E-state index in [1.807, 2.05) is 0 Å². The molecule has 3 heterocycles. The van der Waals surface area contributed by atoms with E-state index >= 15 is 0 Å². The van der Waals surface area contributed by atoms with E-state index in [9.17, 15) is 23.2 Å². The van der Waals surface area contributed by atoms with E-state index in [4.69, 9.17) is 4.42 Å². The van der Waals surface area contributed by atoms with Crippen molar-refractivity contribution >= 4 is 45.9 Å². The molecule has 3 aromatic rings. The van der Waals surface area contributed by atoms with Crippen LogP contribution in [-0.2, 0) is 9.53 Å². The predicted octanol–water partition coefficient (Wildman–Crippen LogP) is 3.88. The molecular formula is C19H10F2N2O5S. The first-order valence-electron chi connectivity index (χ1n) is 8.07. The zero-order valence-electron chi connectivity index (χ0n) is 14.6. The third-order valence-corrected chi connectivity index (χ3v) is 4.91. The van der Waals surface area contributed by atoms with Gasteiger partial charge in [0.2, 0.25) is 0 Å². The fourth-order valence-electron chi connectivity index (χ4n) is 2.83. The van der Waals surface area contributed by atoms with Gasteiger partial charge in [-0.05, 0) is 35.5 Å². The summed E-state index contributed by atoms with van der Waals surface area (Å²) in [4.78, 5) is 38.7. The molecule has 29 heavy (non-hydrogen) atoms. The minimum absolute atomic E-state index is 0.0995. The van der Waals surface area contributed by atoms with E-state index in [1.165, 1.54) is 18.5 Å². The van der Waals surface area contributed by atoms with E-state index < -0.39 is 34.3 Å². The highest BCUT2D eigenvalue weighted by atomic mass is 32.2. The fourth-order valence-corrected chi connectivity index (χ4v) is 3.50. The Balaban J connectivity index is 1.81. The molecule has 1 N–H and O–H groups in total. The van der Waals surface area contributed by atoms with Crippen LogP contribution in [-0.4, -0.2) is 29.2 Å². The van der Waals surface area contributed by atoms with Crippen LogP contribution in [0.3, 0.4) is 0 Å². The van der Waals surface area contributed by atoms with Gasteiger partial charge in [0.1, 0.15) is 28.5 Å². The number of amides is 2. The van der Waals surface area contributed by atoms with Crippen LogP contribution in [0.5, 0.6) is 0 Å². The van der Waals surface area contributed by atoms with Gasteiger partial charge >= 0.3 is 5.97 Å². The number of thioether (sulfide) groups is 1. The Morgan fingerprint density at radius 2 is 1.93 bits per heavy atom. The van der Waals surface area contributed by atoms with Gasteiger partial charge in [-0.3, -0.25) is 19.9 Å². The van der Waals surface area contributed by atoms with Crippen molar-refractivity contribution in [1.82, 2.24) is 10.3 Å². The SMILES string of the molecule is COC(=O)c1c(F)cc(-c2cncc3cc(/C=C4\SC(=O)NC4=O)oc23)cc1F. The summed E-state index contributed by atoms with van der Waals surface area (Å²) in [6.07, 6.45) is 4.22. The molecule has 0 spiro atoms. The smallest absolute Gasteiger partial charge is 0.343 e. The van der Waals surface area contributed by atoms with Gasteiger partial charge in [-0.25, -0.2) is 13.6 Å². The number of hydrogen-bond acceptors (Lipinski definition) is 7. The number of ether oxygens (including phenoxy) is 1. The molecule has 0 radical (unpaired) electrons. The van der Waals surface area contributed by atoms with Gasteiger partial charge in [-0.2, -0.15) is 0 Å². The molecule has 1 aliphatic rings. The zero-order valence-corrected chi connectivity index (χ0v) is 15.4. The summed E-state index contributed by atoms with van der Waals surface area (Å²) in [5.41, 5.74) is -0.148. The van der Waals surface area contributed by atoms with Crippen LogP contribution in [0, 0.1) is 11.6 Å². The van der Waals surface area contributed by atoms with Crippen LogP contribution in [0.1, 0.15) is 16.1 Å². The van der Waals surface area contributed by atoms with Gasteiger partial charge in [0.25, 0.3) is 11.1 Å². The van der Waals surface area contributed by atoms with Crippen LogP contribution in [0.4, 0.5) is 13.6 Å². The second kappa shape index (κ2) is 7.13. The number of imide groups is 1. The van der Waals surface area contributed by atoms with Crippen molar-refractivity contribution in [3.63, 3.8) is 0 Å². The molecule has 1 saturated heterocycles. The lowest BCUT2D eigenvalue weighted by Gasteiger charge is -2.07. The minimum atomic E-state index is -1.13. The molecule has 0 atom stereocenters. The molecule has 10 heteroatoms. The Hall–Kier alpha value is -3.53. The number of methoxy groups -OCH3 is 1. The Morgan fingerprint density at radius 3 is 2.55 bits per heavy atom. The van der Waals surface area contributed by atoms with Gasteiger partial charge in [0.05, 0.1) is 12.0 Å². The molecule has 0 bridgehead atoms. The molecule has 4 rings (SSSR count). The summed E-state index contributed by atoms with van der Waals surface area (Å²) < 4.78 is 38.7. The number of rotatable bonds is 3. The fraction of sp³-hybridized carbons (Fsp3) is 0.0526. The minimum Gasteiger partial charge on any atom is -0.465 e. The molecule has 0 unspecified atom stereocenters. The maximum Gasteiger partial charge on any atom is 0.343 e. The van der Waals surface area contributed by atoms with Crippen molar-refractivity contribution in [2.75, 3.05) is 7.11 Å². The second-order valence-corrected chi connectivity index (χ2v) is 6.93. The van der Waals surface area contributed by atoms with Crippen molar-refractivity contribution in [3.8, 4) is 11.1 Å². The summed E-state index contributed by atoms with van der Waals surface area (Å²) >= 11 is 0.732. The first-order valence-corrected chi connectivity index (χ1v) is 8.89. The van der Waals surface area contributed by atoms with Crippen LogP contribution in [0.15, 0.2) is 39.9 Å². The number of pyridine rings is 1. The number of aromatic nitrogens is 1. The van der Waals surface area contributed by atoms with E-state index in [0.717, 1.165) is 31.0 Å². The largest absolute Gasteiger partial charge is 0.465 e. The zero-order chi connectivity index (χ0) is 20.7. The lowest BCUT2D eigenvalue weighted by atomic mass is 10.0. The highest BCUT2D eigenvalue weighted by molar-refractivity contribution is 8.18. The Labute approximate surface area is 165 Å². The molecular weight excluding hydrogens is 406 g/mol. The molecule has 2 amide bonds. The number of nitrogens with one attached hydrogen (secondary N) is 1. The van der Waals surface area contributed by atoms with Crippen LogP contribution < -0.4 is 5.32 Å². The third-order valence-electron chi connectivity index (χ3n) is 4.10. The quantitative estimate of drug-likeness (QED) is 0.511. The number of nitrogens with zero attached hydrogens (tertiary/aromatic N) is 1. The van der Waals surface area contributed by atoms with E-state index in [2.05, 4.69) is 15.0 Å². The summed E-state index contributed by atoms with van der Waals surface area (Å²) in [5, 5.41) is 2.16. The Morgan fingerprint density at radius 1 is 1.21 bits per heavy atom. The molecule has 1 aromatic carbocycles. The molecule has 1 aliphatic heterocycles. The monoisotopic (exact) mass is 416 g/mol. The van der Waals surface area contributed by atoms with Crippen molar-refractivity contribution in [1.29, 1.82) is 0 Å². The van der Waals surface area contributed by atoms with Crippen LogP contribution in [0.25, 0.3) is 28.2 Å². The van der Waals surface area contributed by atoms with Crippen molar-refractivity contribution < 1.29 is 32.3 Å². The van der Waals surface area contributed by atoms with E-state index in [1.54, 1.807) is 6.07 Å². The highest BCUT2D eigenvalue weighted by Crippen LogP contribution is 2.34. The van der Waals surface area contributed by atoms with Crippen molar-refractivity contribution in [3.05, 3.63) is 58.5 Å². The second-order valence-electron chi connectivity index (χ2n) is 5.91. The van der Waals surface area contributed by atoms with E-state index in [-0.39, 0.29) is 27.4 Å². The lowest BCUT2D eigenvalue weighted by molar-refractivity contribution is -0.115. The Bertz CT molecular complexity index is 1210. The van der Waals surface area contributed by atoms with Gasteiger partial charge < -0.3 is 9.15 Å². The highest BCUT2D eigenvalue weighted by Gasteiger charge is 2.26. The molecule has 1 fully saturated rings. The normalized spacial score (nSPS) is 15.2. The summed E-state index contributed by atoms with van der Waals surface area (Å²) in [7, 11) is 1.02. The standard InChI is InChI=1S/C19H10F2N2O5S/c1-27-18(25)15-12(20)3-8(4-13(15)21)11-7-22-6-9-2-10(28-16(9)11)5-14-17(24)23-19(26)29-14/h2-7H,1H3,(H,23,24,26)/b14-5-. The predicted molar refractivity (Wildman–Crippen MR) is 99.8 cm³/mol. The number of furan rings is 1. The maximum absolute atomic E-state index is 14.3. The van der Waals surface area contributed by atoms with Gasteiger partial charge in [0.15, 0.2) is 0 Å². The lowest BCUT2D eigenvalue weighted by Crippen LogP contribution is -2.17. The first-order chi connectivity index (χ1) is 13.9. The maximum atomic E-state index is 14.3. The third kappa shape index (κ3) is 3.38. The summed E-state index contributed by atoms with van der Waals surface area (Å²) in [6.45, 7) is 0. The number of halogens is 2. The number of carbonyl (C=O) groups is 3. The molecule has 7 nitrogen and oxygen atoms in total. The van der Waals surface area contributed by atoms with Gasteiger partial charge in [-0.15, -0.1) is 0 Å². The summed E-state index contributed by atoms with van der Waals surface area (Å²) in [5.74, 6) is -3.59. The van der Waals surface area contributed by atoms with Gasteiger partial charge in [0, 0.05) is 29.4 Å². The van der Waals surface area contributed by atoms with E-state index in [0.29, 0.717) is 5.39 Å². The van der Waals surface area contributed by atoms with Crippen molar-refractivity contribution in [2.24, 2.45) is 0 Å². The topological polar surface area (TPSA) is 98.5 Å². The number of carbonyl (C=O) groups excluding carboxylic acids is 3. The van der Waals surface area contributed by atoms with Crippen molar-refractivity contribution in [2.45, 2.75) is 0 Å². The van der Waals surface area contributed by atoms with Gasteiger partial charge in [-0.1, -0.05) is 0 Å². The number of benzene rings is 1. The number of esters is 1. The number of fused-ring (bicyclic) bond motifs is 1. The molecule has 0 saturated carbocycles. The molecule has 2 aromatic heterocycles. The molecule has 0 aliphatic carbocycles. The van der Waals surface area contributed by atoms with Crippen LogP contribution in [0.2, 0.25) is 0 Å². The Kier molecular flexibility index (Phi) is 4.63. The summed E-state index contributed by atoms with van der Waals surface area (Å²) in [6, 6.07) is 3.53.